The molecule has 2 aliphatic rings. The van der Waals surface area contributed by atoms with Crippen LogP contribution >= 0.6 is 0 Å². The van der Waals surface area contributed by atoms with Crippen LogP contribution in [0.2, 0.25) is 0 Å². The molecule has 2 unspecified atom stereocenters. The molecule has 0 saturated heterocycles. The maximum Gasteiger partial charge on any atom is 0.166 e. The zero-order chi connectivity index (χ0) is 13.1. The summed E-state index contributed by atoms with van der Waals surface area (Å²) in [4.78, 5) is 12.1. The van der Waals surface area contributed by atoms with Crippen molar-refractivity contribution in [2.45, 2.75) is 51.6 Å². The van der Waals surface area contributed by atoms with Crippen molar-refractivity contribution < 1.29 is 9.90 Å². The molecule has 0 aliphatic heterocycles. The zero-order valence-electron chi connectivity index (χ0n) is 11.3. The van der Waals surface area contributed by atoms with E-state index >= 15 is 0 Å². The van der Waals surface area contributed by atoms with Crippen molar-refractivity contribution in [3.05, 3.63) is 24.3 Å². The Morgan fingerprint density at radius 1 is 1.39 bits per heavy atom. The van der Waals surface area contributed by atoms with Gasteiger partial charge in [0.05, 0.1) is 0 Å². The summed E-state index contributed by atoms with van der Waals surface area (Å²) < 4.78 is 0. The molecule has 0 aromatic carbocycles. The van der Waals surface area contributed by atoms with E-state index in [0.717, 1.165) is 11.8 Å². The first-order valence-electron chi connectivity index (χ1n) is 7.14. The topological polar surface area (TPSA) is 37.3 Å². The van der Waals surface area contributed by atoms with Crippen LogP contribution in [-0.4, -0.2) is 17.0 Å². The Labute approximate surface area is 110 Å². The van der Waals surface area contributed by atoms with Crippen molar-refractivity contribution in [1.82, 2.24) is 0 Å². The lowest BCUT2D eigenvalue weighted by Gasteiger charge is -2.28. The molecular formula is C16H24O2. The molecule has 0 aromatic rings. The lowest BCUT2D eigenvalue weighted by molar-refractivity contribution is -0.126. The van der Waals surface area contributed by atoms with Crippen LogP contribution in [0.3, 0.4) is 0 Å². The lowest BCUT2D eigenvalue weighted by atomic mass is 9.77. The lowest BCUT2D eigenvalue weighted by Crippen LogP contribution is -2.28. The smallest absolute Gasteiger partial charge is 0.166 e. The molecule has 2 rings (SSSR count). The van der Waals surface area contributed by atoms with Gasteiger partial charge in [0.1, 0.15) is 6.10 Å². The van der Waals surface area contributed by atoms with E-state index in [1.165, 1.54) is 32.1 Å². The third-order valence-corrected chi connectivity index (χ3v) is 4.69. The summed E-state index contributed by atoms with van der Waals surface area (Å²) in [5, 5.41) is 9.92. The predicted molar refractivity (Wildman–Crippen MR) is 73.1 cm³/mol. The van der Waals surface area contributed by atoms with Gasteiger partial charge in [0.2, 0.25) is 0 Å². The number of aliphatic hydroxyl groups excluding tert-OH is 1. The van der Waals surface area contributed by atoms with E-state index in [1.54, 1.807) is 12.2 Å². The quantitative estimate of drug-likeness (QED) is 0.758. The molecule has 0 radical (unpaired) electrons. The predicted octanol–water partition coefficient (Wildman–Crippen LogP) is 3.27. The van der Waals surface area contributed by atoms with Gasteiger partial charge in [-0.1, -0.05) is 31.6 Å². The highest BCUT2D eigenvalue weighted by Crippen LogP contribution is 2.46. The van der Waals surface area contributed by atoms with Gasteiger partial charge >= 0.3 is 0 Å². The maximum atomic E-state index is 12.1. The van der Waals surface area contributed by atoms with Gasteiger partial charge < -0.3 is 5.11 Å². The summed E-state index contributed by atoms with van der Waals surface area (Å²) in [6.45, 7) is 5.61. The Hall–Kier alpha value is -0.890. The number of carbonyl (C=O) groups excluding carboxylic acids is 1. The third kappa shape index (κ3) is 2.92. The summed E-state index contributed by atoms with van der Waals surface area (Å²) in [6, 6.07) is 0. The molecule has 2 nitrogen and oxygen atoms in total. The Bertz CT molecular complexity index is 356. The van der Waals surface area contributed by atoms with Crippen molar-refractivity contribution in [3.8, 4) is 0 Å². The number of carbonyl (C=O) groups is 1. The molecule has 2 aliphatic carbocycles. The number of Topliss-reactive ketones (excluding diaryl/α,β-unsaturated/α-hetero) is 1. The molecule has 2 heteroatoms. The van der Waals surface area contributed by atoms with Gasteiger partial charge in [-0.05, 0) is 49.5 Å². The Balaban J connectivity index is 1.89. The monoisotopic (exact) mass is 248 g/mol. The van der Waals surface area contributed by atoms with Crippen LogP contribution in [0, 0.1) is 17.8 Å². The fourth-order valence-corrected chi connectivity index (χ4v) is 3.64. The largest absolute Gasteiger partial charge is 0.381 e. The van der Waals surface area contributed by atoms with Crippen molar-refractivity contribution in [2.75, 3.05) is 0 Å². The minimum atomic E-state index is -1.000. The van der Waals surface area contributed by atoms with E-state index in [9.17, 15) is 9.90 Å². The molecule has 2 bridgehead atoms. The molecule has 100 valence electrons. The number of fused-ring (bicyclic) bond motifs is 2. The van der Waals surface area contributed by atoms with E-state index in [1.807, 2.05) is 6.92 Å². The van der Waals surface area contributed by atoms with Crippen LogP contribution in [0.5, 0.6) is 0 Å². The highest BCUT2D eigenvalue weighted by atomic mass is 16.3. The first kappa shape index (κ1) is 13.5. The van der Waals surface area contributed by atoms with E-state index in [4.69, 9.17) is 0 Å². The molecule has 0 spiro atoms. The fourth-order valence-electron chi connectivity index (χ4n) is 3.64. The van der Waals surface area contributed by atoms with Gasteiger partial charge in [-0.15, -0.1) is 0 Å². The average Bonchev–Trinajstić information content (AvgIpc) is 2.75. The number of hydrogen-bond donors (Lipinski definition) is 1. The first-order valence-corrected chi connectivity index (χ1v) is 7.14. The highest BCUT2D eigenvalue weighted by Gasteiger charge is 2.37. The van der Waals surface area contributed by atoms with Crippen LogP contribution in [0.15, 0.2) is 24.3 Å². The van der Waals surface area contributed by atoms with Crippen LogP contribution in [0.4, 0.5) is 0 Å². The summed E-state index contributed by atoms with van der Waals surface area (Å²) in [5.41, 5.74) is 0.516. The van der Waals surface area contributed by atoms with Crippen LogP contribution in [-0.2, 0) is 4.79 Å². The Morgan fingerprint density at radius 2 is 2.11 bits per heavy atom. The number of rotatable bonds is 5. The second kappa shape index (κ2) is 5.83. The second-order valence-electron chi connectivity index (χ2n) is 5.92. The van der Waals surface area contributed by atoms with Crippen LogP contribution in [0.25, 0.3) is 0 Å². The molecule has 2 saturated carbocycles. The molecule has 18 heavy (non-hydrogen) atoms. The molecule has 1 N–H and O–H groups in total. The number of hydrogen-bond acceptors (Lipinski definition) is 2. The molecule has 4 atom stereocenters. The fraction of sp³-hybridized carbons (Fsp3) is 0.688. The summed E-state index contributed by atoms with van der Waals surface area (Å²) in [7, 11) is 0. The van der Waals surface area contributed by atoms with Gasteiger partial charge in [-0.25, -0.2) is 0 Å². The SMILES string of the molecule is C=C(/C=C\C)[C@@H](O)C(=O)CC1CC[C@H]2CCC1C2. The second-order valence-corrected chi connectivity index (χ2v) is 5.92. The van der Waals surface area contributed by atoms with Gasteiger partial charge in [0.15, 0.2) is 5.78 Å². The molecule has 2 fully saturated rings. The van der Waals surface area contributed by atoms with E-state index in [-0.39, 0.29) is 5.78 Å². The summed E-state index contributed by atoms with van der Waals surface area (Å²) in [5.74, 6) is 2.11. The van der Waals surface area contributed by atoms with Crippen molar-refractivity contribution >= 4 is 5.78 Å². The first-order chi connectivity index (χ1) is 8.61. The van der Waals surface area contributed by atoms with E-state index in [2.05, 4.69) is 6.58 Å². The standard InChI is InChI=1S/C16H24O2/c1-3-4-11(2)16(18)15(17)10-14-8-6-12-5-7-13(14)9-12/h3-4,12-14,16,18H,2,5-10H2,1H3/b4-3-/t12-,13?,14?,16-/m1/s1. The van der Waals surface area contributed by atoms with Crippen LogP contribution in [0.1, 0.15) is 45.4 Å². The molecular weight excluding hydrogens is 224 g/mol. The van der Waals surface area contributed by atoms with E-state index in [0.29, 0.717) is 17.9 Å². The van der Waals surface area contributed by atoms with Crippen molar-refractivity contribution in [1.29, 1.82) is 0 Å². The minimum absolute atomic E-state index is 0.0477. The molecule has 0 amide bonds. The number of allylic oxidation sites excluding steroid dienone is 1. The summed E-state index contributed by atoms with van der Waals surface area (Å²) >= 11 is 0. The highest BCUT2D eigenvalue weighted by molar-refractivity contribution is 5.86. The molecule has 0 aromatic heterocycles. The Morgan fingerprint density at radius 3 is 2.83 bits per heavy atom. The average molecular weight is 248 g/mol. The minimum Gasteiger partial charge on any atom is -0.381 e. The maximum absolute atomic E-state index is 12.1. The molecule has 0 heterocycles. The van der Waals surface area contributed by atoms with Gasteiger partial charge in [0.25, 0.3) is 0 Å². The van der Waals surface area contributed by atoms with Crippen molar-refractivity contribution in [2.24, 2.45) is 17.8 Å². The Kier molecular flexibility index (Phi) is 4.39. The summed E-state index contributed by atoms with van der Waals surface area (Å²) in [6.07, 6.45) is 9.46. The van der Waals surface area contributed by atoms with Crippen molar-refractivity contribution in [3.63, 3.8) is 0 Å². The van der Waals surface area contributed by atoms with Crippen LogP contribution < -0.4 is 0 Å². The third-order valence-electron chi connectivity index (χ3n) is 4.69. The van der Waals surface area contributed by atoms with Gasteiger partial charge in [0, 0.05) is 6.42 Å². The zero-order valence-corrected chi connectivity index (χ0v) is 11.3. The normalized spacial score (nSPS) is 32.7. The number of ketones is 1. The van der Waals surface area contributed by atoms with Gasteiger partial charge in [-0.2, -0.15) is 0 Å². The number of aliphatic hydroxyl groups is 1. The van der Waals surface area contributed by atoms with Gasteiger partial charge in [-0.3, -0.25) is 4.79 Å². The van der Waals surface area contributed by atoms with E-state index < -0.39 is 6.10 Å².